The molecule has 25 heavy (non-hydrogen) atoms. The molecule has 2 aromatic carbocycles. The van der Waals surface area contributed by atoms with Crippen LogP contribution < -0.4 is 5.32 Å². The van der Waals surface area contributed by atoms with Crippen LogP contribution in [0.2, 0.25) is 5.02 Å². The molecule has 4 nitrogen and oxygen atoms in total. The molecular formula is C20H19ClN2O2. The number of hydrogen-bond acceptors (Lipinski definition) is 2. The molecule has 0 unspecified atom stereocenters. The maximum absolute atomic E-state index is 12.0. The third kappa shape index (κ3) is 4.48. The van der Waals surface area contributed by atoms with Crippen LogP contribution in [0, 0.1) is 0 Å². The molecule has 0 fully saturated rings. The van der Waals surface area contributed by atoms with E-state index in [4.69, 9.17) is 11.6 Å². The third-order valence-electron chi connectivity index (χ3n) is 4.10. The molecule has 3 rings (SSSR count). The summed E-state index contributed by atoms with van der Waals surface area (Å²) in [6, 6.07) is 16.9. The fraction of sp³-hybridized carbons (Fsp3) is 0.200. The van der Waals surface area contributed by atoms with Crippen LogP contribution in [0.4, 0.5) is 0 Å². The van der Waals surface area contributed by atoms with Crippen molar-refractivity contribution in [2.24, 2.45) is 0 Å². The third-order valence-corrected chi connectivity index (χ3v) is 4.35. The first-order chi connectivity index (χ1) is 12.1. The number of Topliss-reactive ketones (excluding diaryl/α,β-unsaturated/α-hetero) is 1. The predicted molar refractivity (Wildman–Crippen MR) is 100.0 cm³/mol. The number of benzene rings is 2. The molecule has 0 aliphatic heterocycles. The summed E-state index contributed by atoms with van der Waals surface area (Å²) in [6.45, 7) is 1.23. The average molecular weight is 355 g/mol. The lowest BCUT2D eigenvalue weighted by molar-refractivity contribution is -0.121. The van der Waals surface area contributed by atoms with Crippen molar-refractivity contribution >= 4 is 34.2 Å². The summed E-state index contributed by atoms with van der Waals surface area (Å²) in [4.78, 5) is 24.0. The number of carbonyl (C=O) groups excluding carboxylic acids is 2. The van der Waals surface area contributed by atoms with Crippen LogP contribution in [-0.4, -0.2) is 22.8 Å². The van der Waals surface area contributed by atoms with Crippen molar-refractivity contribution in [3.63, 3.8) is 0 Å². The van der Waals surface area contributed by atoms with Crippen LogP contribution in [0.5, 0.6) is 0 Å². The first-order valence-corrected chi connectivity index (χ1v) is 8.60. The zero-order valence-corrected chi connectivity index (χ0v) is 14.5. The summed E-state index contributed by atoms with van der Waals surface area (Å²) >= 11 is 5.80. The van der Waals surface area contributed by atoms with Crippen LogP contribution in [0.25, 0.3) is 10.9 Å². The minimum atomic E-state index is -0.112. The number of nitrogens with zero attached hydrogens (tertiary/aromatic N) is 1. The molecule has 0 aliphatic rings. The highest BCUT2D eigenvalue weighted by Gasteiger charge is 2.09. The summed E-state index contributed by atoms with van der Waals surface area (Å²) in [5.41, 5.74) is 1.73. The van der Waals surface area contributed by atoms with Crippen molar-refractivity contribution in [3.05, 3.63) is 71.4 Å². The normalized spacial score (nSPS) is 10.8. The van der Waals surface area contributed by atoms with Gasteiger partial charge in [-0.25, -0.2) is 0 Å². The van der Waals surface area contributed by atoms with Crippen molar-refractivity contribution in [2.75, 3.05) is 6.54 Å². The topological polar surface area (TPSA) is 51.1 Å². The van der Waals surface area contributed by atoms with Gasteiger partial charge in [-0.1, -0.05) is 29.8 Å². The maximum atomic E-state index is 12.0. The van der Waals surface area contributed by atoms with E-state index < -0.39 is 0 Å². The number of nitrogens with one attached hydrogen (secondary N) is 1. The van der Waals surface area contributed by atoms with Gasteiger partial charge in [-0.3, -0.25) is 9.59 Å². The van der Waals surface area contributed by atoms with Crippen molar-refractivity contribution in [2.45, 2.75) is 19.4 Å². The van der Waals surface area contributed by atoms with Crippen molar-refractivity contribution in [1.82, 2.24) is 9.88 Å². The van der Waals surface area contributed by atoms with Crippen molar-refractivity contribution < 1.29 is 9.59 Å². The van der Waals surface area contributed by atoms with E-state index in [2.05, 4.69) is 28.1 Å². The second kappa shape index (κ2) is 7.99. The van der Waals surface area contributed by atoms with Crippen molar-refractivity contribution in [3.8, 4) is 0 Å². The van der Waals surface area contributed by atoms with Gasteiger partial charge in [0.05, 0.1) is 0 Å². The number of fused-ring (bicyclic) bond motifs is 1. The average Bonchev–Trinajstić information content (AvgIpc) is 3.04. The lowest BCUT2D eigenvalue weighted by Crippen LogP contribution is -2.27. The van der Waals surface area contributed by atoms with E-state index in [9.17, 15) is 9.59 Å². The summed E-state index contributed by atoms with van der Waals surface area (Å²) in [7, 11) is 0. The summed E-state index contributed by atoms with van der Waals surface area (Å²) in [5, 5.41) is 4.64. The van der Waals surface area contributed by atoms with Gasteiger partial charge in [0.2, 0.25) is 5.91 Å². The smallest absolute Gasteiger partial charge is 0.220 e. The zero-order chi connectivity index (χ0) is 17.6. The van der Waals surface area contributed by atoms with Crippen LogP contribution in [0.1, 0.15) is 23.2 Å². The van der Waals surface area contributed by atoms with Gasteiger partial charge in [-0.2, -0.15) is 0 Å². The summed E-state index contributed by atoms with van der Waals surface area (Å²) < 4.78 is 2.11. The lowest BCUT2D eigenvalue weighted by Gasteiger charge is -2.07. The largest absolute Gasteiger partial charge is 0.354 e. The Balaban J connectivity index is 1.44. The van der Waals surface area contributed by atoms with Crippen LogP contribution in [0.3, 0.4) is 0 Å². The molecule has 0 radical (unpaired) electrons. The second-order valence-electron chi connectivity index (χ2n) is 5.85. The van der Waals surface area contributed by atoms with E-state index in [0.717, 1.165) is 5.52 Å². The van der Waals surface area contributed by atoms with Gasteiger partial charge in [-0.05, 0) is 41.8 Å². The molecule has 1 amide bonds. The van der Waals surface area contributed by atoms with E-state index in [1.54, 1.807) is 24.3 Å². The van der Waals surface area contributed by atoms with E-state index in [0.29, 0.717) is 23.7 Å². The van der Waals surface area contributed by atoms with Gasteiger partial charge in [0, 0.05) is 48.2 Å². The quantitative estimate of drug-likeness (QED) is 0.650. The molecule has 0 atom stereocenters. The predicted octanol–water partition coefficient (Wildman–Crippen LogP) is 4.07. The molecule has 0 bridgehead atoms. The molecule has 1 aromatic heterocycles. The van der Waals surface area contributed by atoms with Gasteiger partial charge in [0.25, 0.3) is 0 Å². The number of carbonyl (C=O) groups is 2. The second-order valence-corrected chi connectivity index (χ2v) is 6.28. The van der Waals surface area contributed by atoms with Crippen LogP contribution >= 0.6 is 11.6 Å². The molecule has 0 saturated heterocycles. The minimum Gasteiger partial charge on any atom is -0.354 e. The van der Waals surface area contributed by atoms with E-state index in [1.807, 2.05) is 18.3 Å². The SMILES string of the molecule is O=C(CCC(=O)c1ccc(Cl)cc1)NCCn1ccc2ccccc21. The molecule has 0 aliphatic carbocycles. The van der Waals surface area contributed by atoms with E-state index in [1.165, 1.54) is 5.39 Å². The monoisotopic (exact) mass is 354 g/mol. The van der Waals surface area contributed by atoms with Gasteiger partial charge < -0.3 is 9.88 Å². The molecule has 0 saturated carbocycles. The molecule has 1 N–H and O–H groups in total. The Morgan fingerprint density at radius 2 is 1.72 bits per heavy atom. The Labute approximate surface area is 151 Å². The number of ketones is 1. The van der Waals surface area contributed by atoms with Crippen molar-refractivity contribution in [1.29, 1.82) is 0 Å². The van der Waals surface area contributed by atoms with Gasteiger partial charge in [0.15, 0.2) is 5.78 Å². The molecule has 3 aromatic rings. The molecule has 1 heterocycles. The number of hydrogen-bond donors (Lipinski definition) is 1. The number of halogens is 1. The molecule has 5 heteroatoms. The summed E-state index contributed by atoms with van der Waals surface area (Å²) in [6.07, 6.45) is 2.40. The van der Waals surface area contributed by atoms with Crippen LogP contribution in [0.15, 0.2) is 60.8 Å². The highest BCUT2D eigenvalue weighted by atomic mass is 35.5. The van der Waals surface area contributed by atoms with Crippen LogP contribution in [-0.2, 0) is 11.3 Å². The van der Waals surface area contributed by atoms with Gasteiger partial charge in [-0.15, -0.1) is 0 Å². The fourth-order valence-corrected chi connectivity index (χ4v) is 2.87. The number of para-hydroxylation sites is 1. The zero-order valence-electron chi connectivity index (χ0n) is 13.7. The Kier molecular flexibility index (Phi) is 5.51. The number of aromatic nitrogens is 1. The first kappa shape index (κ1) is 17.2. The summed E-state index contributed by atoms with van der Waals surface area (Å²) in [5.74, 6) is -0.165. The van der Waals surface area contributed by atoms with Gasteiger partial charge in [0.1, 0.15) is 0 Å². The minimum absolute atomic E-state index is 0.0526. The first-order valence-electron chi connectivity index (χ1n) is 8.23. The van der Waals surface area contributed by atoms with Gasteiger partial charge >= 0.3 is 0 Å². The molecular weight excluding hydrogens is 336 g/mol. The lowest BCUT2D eigenvalue weighted by atomic mass is 10.1. The Morgan fingerprint density at radius 1 is 0.960 bits per heavy atom. The Morgan fingerprint density at radius 3 is 2.52 bits per heavy atom. The molecule has 0 spiro atoms. The standard InChI is InChI=1S/C20H19ClN2O2/c21-17-7-5-16(6-8-17)19(24)9-10-20(25)22-12-14-23-13-11-15-3-1-2-4-18(15)23/h1-8,11,13H,9-10,12,14H2,(H,22,25). The Hall–Kier alpha value is -2.59. The number of rotatable bonds is 7. The van der Waals surface area contributed by atoms with E-state index >= 15 is 0 Å². The maximum Gasteiger partial charge on any atom is 0.220 e. The fourth-order valence-electron chi connectivity index (χ4n) is 2.75. The Bertz CT molecular complexity index is 884. The number of amides is 1. The molecule has 128 valence electrons. The highest BCUT2D eigenvalue weighted by molar-refractivity contribution is 6.30. The highest BCUT2D eigenvalue weighted by Crippen LogP contribution is 2.14. The van der Waals surface area contributed by atoms with E-state index in [-0.39, 0.29) is 24.5 Å².